The molecule has 254 valence electrons. The van der Waals surface area contributed by atoms with E-state index in [0.29, 0.717) is 63.1 Å². The molecule has 47 heavy (non-hydrogen) atoms. The van der Waals surface area contributed by atoms with Crippen molar-refractivity contribution < 1.29 is 19.1 Å². The number of likely N-dealkylation sites (tertiary alicyclic amines) is 2. The maximum absolute atomic E-state index is 14.0. The van der Waals surface area contributed by atoms with Crippen molar-refractivity contribution in [3.63, 3.8) is 0 Å². The van der Waals surface area contributed by atoms with Gasteiger partial charge < -0.3 is 29.7 Å². The van der Waals surface area contributed by atoms with Crippen LogP contribution in [0.5, 0.6) is 0 Å². The molecular weight excluding hydrogens is 616 g/mol. The fraction of sp³-hybridized carbons (Fsp3) is 0.583. The highest BCUT2D eigenvalue weighted by Crippen LogP contribution is 2.27. The predicted molar refractivity (Wildman–Crippen MR) is 184 cm³/mol. The third-order valence-electron chi connectivity index (χ3n) is 10.6. The fourth-order valence-electron chi connectivity index (χ4n) is 7.68. The van der Waals surface area contributed by atoms with Gasteiger partial charge >= 0.3 is 12.1 Å². The summed E-state index contributed by atoms with van der Waals surface area (Å²) in [6, 6.07) is 12.3. The Hall–Kier alpha value is -3.34. The van der Waals surface area contributed by atoms with E-state index in [-0.39, 0.29) is 18.0 Å². The van der Waals surface area contributed by atoms with Gasteiger partial charge in [0.15, 0.2) is 6.10 Å². The average molecular weight is 665 g/mol. The second-order valence-corrected chi connectivity index (χ2v) is 14.1. The summed E-state index contributed by atoms with van der Waals surface area (Å²) in [5.41, 5.74) is 4.81. The number of fused-ring (bicyclic) bond motifs is 1. The van der Waals surface area contributed by atoms with Crippen LogP contribution in [0.3, 0.4) is 0 Å². The maximum Gasteiger partial charge on any atom is 0.410 e. The van der Waals surface area contributed by atoms with E-state index in [4.69, 9.17) is 16.3 Å². The molecule has 0 aliphatic carbocycles. The van der Waals surface area contributed by atoms with Crippen LogP contribution >= 0.6 is 11.6 Å². The molecule has 3 saturated heterocycles. The molecule has 3 fully saturated rings. The summed E-state index contributed by atoms with van der Waals surface area (Å²) >= 11 is 6.45. The summed E-state index contributed by atoms with van der Waals surface area (Å²) in [5.74, 6) is -0.129. The van der Waals surface area contributed by atoms with E-state index in [1.54, 1.807) is 4.90 Å². The second-order valence-electron chi connectivity index (χ2n) is 13.8. The third-order valence-corrected chi connectivity index (χ3v) is 11.2. The van der Waals surface area contributed by atoms with E-state index in [1.165, 1.54) is 0 Å². The summed E-state index contributed by atoms with van der Waals surface area (Å²) in [7, 11) is 2.17. The van der Waals surface area contributed by atoms with E-state index in [9.17, 15) is 14.4 Å². The van der Waals surface area contributed by atoms with E-state index in [0.717, 1.165) is 73.4 Å². The van der Waals surface area contributed by atoms with E-state index in [2.05, 4.69) is 28.2 Å². The highest BCUT2D eigenvalue weighted by molar-refractivity contribution is 6.32. The lowest BCUT2D eigenvalue weighted by Gasteiger charge is -2.42. The molecule has 1 unspecified atom stereocenters. The minimum atomic E-state index is -0.921. The van der Waals surface area contributed by atoms with E-state index in [1.807, 2.05) is 54.0 Å². The quantitative estimate of drug-likeness (QED) is 0.478. The van der Waals surface area contributed by atoms with Gasteiger partial charge in [0.05, 0.1) is 0 Å². The summed E-state index contributed by atoms with van der Waals surface area (Å²) in [5, 5.41) is 3.77. The molecule has 11 heteroatoms. The Morgan fingerprint density at radius 3 is 2.17 bits per heavy atom. The van der Waals surface area contributed by atoms with Crippen molar-refractivity contribution in [3.05, 3.63) is 63.7 Å². The SMILES string of the molecule is Cc1cc(CC(OC(=O)N2CCC(N3CCc4ccccc4NC3=O)CC2)C(=O)N2CCC(N3CCN(C)CC3)CC2)cc(C)c1Cl. The first-order chi connectivity index (χ1) is 22.7. The molecule has 1 N–H and O–H groups in total. The number of nitrogens with zero attached hydrogens (tertiary/aromatic N) is 5. The number of anilines is 1. The van der Waals surface area contributed by atoms with Gasteiger partial charge in [0.2, 0.25) is 0 Å². The number of hydrogen-bond donors (Lipinski definition) is 1. The molecule has 0 bridgehead atoms. The smallest absolute Gasteiger partial charge is 0.410 e. The topological polar surface area (TPSA) is 88.7 Å². The van der Waals surface area contributed by atoms with Gasteiger partial charge in [-0.15, -0.1) is 0 Å². The number of nitrogens with one attached hydrogen (secondary N) is 1. The van der Waals surface area contributed by atoms with Crippen LogP contribution in [0.2, 0.25) is 5.02 Å². The van der Waals surface area contributed by atoms with Crippen LogP contribution in [-0.4, -0.2) is 127 Å². The number of carbonyl (C=O) groups excluding carboxylic acids is 3. The van der Waals surface area contributed by atoms with Crippen molar-refractivity contribution in [1.82, 2.24) is 24.5 Å². The third kappa shape index (κ3) is 7.87. The van der Waals surface area contributed by atoms with Crippen LogP contribution in [0.1, 0.15) is 47.9 Å². The Kier molecular flexibility index (Phi) is 10.6. The molecular formula is C36H49ClN6O4. The zero-order valence-corrected chi connectivity index (χ0v) is 28.8. The van der Waals surface area contributed by atoms with E-state index < -0.39 is 12.2 Å². The zero-order chi connectivity index (χ0) is 33.1. The molecule has 4 aliphatic heterocycles. The number of para-hydroxylation sites is 1. The van der Waals surface area contributed by atoms with Gasteiger partial charge in [0, 0.05) is 88.1 Å². The summed E-state index contributed by atoms with van der Waals surface area (Å²) in [4.78, 5) is 51.2. The van der Waals surface area contributed by atoms with Gasteiger partial charge in [-0.2, -0.15) is 0 Å². The van der Waals surface area contributed by atoms with Crippen molar-refractivity contribution in [2.75, 3.05) is 71.3 Å². The number of carbonyl (C=O) groups is 3. The van der Waals surface area contributed by atoms with Crippen LogP contribution in [-0.2, 0) is 22.4 Å². The number of hydrogen-bond acceptors (Lipinski definition) is 6. The highest BCUT2D eigenvalue weighted by Gasteiger charge is 2.36. The number of amides is 4. The summed E-state index contributed by atoms with van der Waals surface area (Å²) in [6.07, 6.45) is 2.87. The highest BCUT2D eigenvalue weighted by atomic mass is 35.5. The zero-order valence-electron chi connectivity index (χ0n) is 28.0. The predicted octanol–water partition coefficient (Wildman–Crippen LogP) is 4.80. The number of piperidine rings is 2. The van der Waals surface area contributed by atoms with Gasteiger partial charge in [0.25, 0.3) is 5.91 Å². The molecule has 2 aromatic rings. The lowest BCUT2D eigenvalue weighted by Crippen LogP contribution is -2.54. The normalized spacial score (nSPS) is 21.2. The van der Waals surface area contributed by atoms with Crippen molar-refractivity contribution in [3.8, 4) is 0 Å². The van der Waals surface area contributed by atoms with Crippen LogP contribution < -0.4 is 5.32 Å². The molecule has 10 nitrogen and oxygen atoms in total. The Labute approximate surface area is 283 Å². The van der Waals surface area contributed by atoms with Crippen LogP contribution in [0.15, 0.2) is 36.4 Å². The molecule has 0 saturated carbocycles. The summed E-state index contributed by atoms with van der Waals surface area (Å²) in [6.45, 7) is 11.1. The molecule has 4 aliphatic rings. The number of likely N-dealkylation sites (N-methyl/N-ethyl adjacent to an activating group) is 1. The van der Waals surface area contributed by atoms with Crippen LogP contribution in [0.4, 0.5) is 15.3 Å². The van der Waals surface area contributed by atoms with Gasteiger partial charge in [-0.25, -0.2) is 9.59 Å². The molecule has 1 atom stereocenters. The number of halogens is 1. The second kappa shape index (κ2) is 14.8. The number of urea groups is 1. The van der Waals surface area contributed by atoms with Crippen LogP contribution in [0, 0.1) is 13.8 Å². The van der Waals surface area contributed by atoms with Crippen molar-refractivity contribution in [1.29, 1.82) is 0 Å². The van der Waals surface area contributed by atoms with Crippen molar-refractivity contribution >= 4 is 35.3 Å². The number of piperazine rings is 1. The Morgan fingerprint density at radius 1 is 0.872 bits per heavy atom. The number of rotatable bonds is 6. The van der Waals surface area contributed by atoms with Gasteiger partial charge in [0.1, 0.15) is 0 Å². The lowest BCUT2D eigenvalue weighted by molar-refractivity contribution is -0.142. The number of aryl methyl sites for hydroxylation is 2. The molecule has 4 amide bonds. The van der Waals surface area contributed by atoms with E-state index >= 15 is 0 Å². The first kappa shape index (κ1) is 33.6. The minimum absolute atomic E-state index is 0.0346. The van der Waals surface area contributed by atoms with Crippen molar-refractivity contribution in [2.45, 2.75) is 70.6 Å². The molecule has 0 aromatic heterocycles. The fourth-order valence-corrected chi connectivity index (χ4v) is 7.79. The van der Waals surface area contributed by atoms with Gasteiger partial charge in [-0.05, 0) is 81.3 Å². The average Bonchev–Trinajstić information content (AvgIpc) is 3.25. The number of benzene rings is 2. The Morgan fingerprint density at radius 2 is 1.49 bits per heavy atom. The summed E-state index contributed by atoms with van der Waals surface area (Å²) < 4.78 is 6.09. The molecule has 4 heterocycles. The maximum atomic E-state index is 14.0. The standard InChI is InChI=1S/C36H49ClN6O4/c1-25-22-27(23-26(2)33(25)37)24-32(34(44)41-13-9-29(10-14-41)40-20-18-39(3)19-21-40)47-36(46)42-15-11-30(12-16-42)43-17-8-28-6-4-5-7-31(28)38-35(43)45/h4-7,22-23,29-30,32H,8-21,24H2,1-3H3,(H,38,45). The van der Waals surface area contributed by atoms with Crippen LogP contribution in [0.25, 0.3) is 0 Å². The Balaban J connectivity index is 1.08. The Bertz CT molecular complexity index is 1420. The molecule has 2 aromatic carbocycles. The monoisotopic (exact) mass is 664 g/mol. The van der Waals surface area contributed by atoms with Gasteiger partial charge in [-0.1, -0.05) is 41.9 Å². The first-order valence-electron chi connectivity index (χ1n) is 17.2. The minimum Gasteiger partial charge on any atom is -0.436 e. The molecule has 0 radical (unpaired) electrons. The van der Waals surface area contributed by atoms with Crippen molar-refractivity contribution in [2.24, 2.45) is 0 Å². The lowest BCUT2D eigenvalue weighted by atomic mass is 9.99. The molecule has 0 spiro atoms. The largest absolute Gasteiger partial charge is 0.436 e. The number of ether oxygens (including phenoxy) is 1. The first-order valence-corrected chi connectivity index (χ1v) is 17.6. The van der Waals surface area contributed by atoms with Gasteiger partial charge in [-0.3, -0.25) is 9.69 Å². The molecule has 6 rings (SSSR count).